The van der Waals surface area contributed by atoms with Gasteiger partial charge in [0.05, 0.1) is 0 Å². The van der Waals surface area contributed by atoms with E-state index >= 15 is 0 Å². The van der Waals surface area contributed by atoms with E-state index < -0.39 is 0 Å². The highest BCUT2D eigenvalue weighted by Crippen LogP contribution is 2.46. The molecule has 1 fully saturated rings. The fourth-order valence-electron chi connectivity index (χ4n) is 3.65. The van der Waals surface area contributed by atoms with Crippen LogP contribution in [0.3, 0.4) is 0 Å². The van der Waals surface area contributed by atoms with Crippen LogP contribution in [0.2, 0.25) is 0 Å². The van der Waals surface area contributed by atoms with Crippen LogP contribution >= 0.6 is 0 Å². The normalized spacial score (nSPS) is 32.1. The van der Waals surface area contributed by atoms with E-state index in [4.69, 9.17) is 0 Å². The first-order valence-corrected chi connectivity index (χ1v) is 6.55. The number of allylic oxidation sites excluding steroid dienone is 4. The second-order valence-electron chi connectivity index (χ2n) is 5.54. The molecule has 0 aromatic carbocycles. The van der Waals surface area contributed by atoms with Crippen LogP contribution in [0.1, 0.15) is 58.3 Å². The van der Waals surface area contributed by atoms with Gasteiger partial charge in [-0.25, -0.2) is 0 Å². The summed E-state index contributed by atoms with van der Waals surface area (Å²) in [5, 5.41) is 0. The van der Waals surface area contributed by atoms with Gasteiger partial charge in [0.2, 0.25) is 0 Å². The third kappa shape index (κ3) is 1.68. The van der Waals surface area contributed by atoms with Crippen molar-refractivity contribution in [2.24, 2.45) is 5.92 Å². The van der Waals surface area contributed by atoms with Crippen LogP contribution in [0.25, 0.3) is 0 Å². The van der Waals surface area contributed by atoms with Gasteiger partial charge in [0.25, 0.3) is 0 Å². The van der Waals surface area contributed by atoms with Gasteiger partial charge in [0.15, 0.2) is 0 Å². The van der Waals surface area contributed by atoms with Gasteiger partial charge >= 0.3 is 0 Å². The minimum absolute atomic E-state index is 0.873. The molecule has 3 aliphatic carbocycles. The Morgan fingerprint density at radius 1 is 1.13 bits per heavy atom. The first-order chi connectivity index (χ1) is 7.34. The molecule has 0 aromatic heterocycles. The summed E-state index contributed by atoms with van der Waals surface area (Å²) in [6.45, 7) is 2.34. The van der Waals surface area contributed by atoms with E-state index in [1.54, 1.807) is 11.5 Å². The first-order valence-electron chi connectivity index (χ1n) is 6.55. The van der Waals surface area contributed by atoms with Gasteiger partial charge < -0.3 is 0 Å². The number of fused-ring (bicyclic) bond motifs is 2. The van der Waals surface area contributed by atoms with Crippen molar-refractivity contribution in [1.29, 1.82) is 0 Å². The van der Waals surface area contributed by atoms with Gasteiger partial charge in [0.1, 0.15) is 0 Å². The van der Waals surface area contributed by atoms with Gasteiger partial charge in [-0.05, 0) is 57.3 Å². The summed E-state index contributed by atoms with van der Waals surface area (Å²) < 4.78 is 0. The molecule has 0 heterocycles. The average molecular weight is 201 g/mol. The van der Waals surface area contributed by atoms with Crippen LogP contribution in [0.5, 0.6) is 0 Å². The van der Waals surface area contributed by atoms with Crippen molar-refractivity contribution in [3.05, 3.63) is 28.7 Å². The zero-order chi connectivity index (χ0) is 10.3. The van der Waals surface area contributed by atoms with Crippen molar-refractivity contribution >= 4 is 0 Å². The van der Waals surface area contributed by atoms with E-state index in [1.165, 1.54) is 51.4 Å². The number of rotatable bonds is 0. The molecule has 1 atom stereocenters. The molecule has 0 spiro atoms. The molecule has 0 aliphatic heterocycles. The predicted molar refractivity (Wildman–Crippen MR) is 64.5 cm³/mol. The van der Waals surface area contributed by atoms with Gasteiger partial charge in [-0.15, -0.1) is 0 Å². The molecule has 0 bridgehead atoms. The molecule has 81 valence electrons. The van der Waals surface area contributed by atoms with Crippen LogP contribution in [0, 0.1) is 11.8 Å². The minimum atomic E-state index is 0.873. The molecule has 0 aromatic rings. The maximum Gasteiger partial charge on any atom is 0.00102 e. The van der Waals surface area contributed by atoms with Crippen LogP contribution < -0.4 is 0 Å². The predicted octanol–water partition coefficient (Wildman–Crippen LogP) is 4.58. The summed E-state index contributed by atoms with van der Waals surface area (Å²) in [7, 11) is 0. The Kier molecular flexibility index (Phi) is 2.46. The Balaban J connectivity index is 1.87. The molecular formula is C15H21. The molecule has 0 heteroatoms. The Hall–Kier alpha value is -0.520. The van der Waals surface area contributed by atoms with Crippen LogP contribution in [-0.4, -0.2) is 0 Å². The Morgan fingerprint density at radius 3 is 2.93 bits per heavy atom. The smallest absolute Gasteiger partial charge is 0.00102 e. The Bertz CT molecular complexity index is 319. The van der Waals surface area contributed by atoms with E-state index in [0.717, 1.165) is 5.92 Å². The second kappa shape index (κ2) is 3.81. The van der Waals surface area contributed by atoms with Gasteiger partial charge in [-0.3, -0.25) is 0 Å². The number of hydrogen-bond acceptors (Lipinski definition) is 0. The summed E-state index contributed by atoms with van der Waals surface area (Å²) in [6.07, 6.45) is 13.6. The highest BCUT2D eigenvalue weighted by atomic mass is 14.4. The van der Waals surface area contributed by atoms with E-state index in [9.17, 15) is 0 Å². The minimum Gasteiger partial charge on any atom is -0.0806 e. The lowest BCUT2D eigenvalue weighted by Gasteiger charge is -2.37. The molecule has 1 saturated carbocycles. The molecule has 0 nitrogen and oxygen atoms in total. The molecular weight excluding hydrogens is 180 g/mol. The lowest BCUT2D eigenvalue weighted by Crippen LogP contribution is -2.22. The van der Waals surface area contributed by atoms with Crippen molar-refractivity contribution in [2.45, 2.75) is 58.3 Å². The van der Waals surface area contributed by atoms with E-state index in [0.29, 0.717) is 0 Å². The highest BCUT2D eigenvalue weighted by Gasteiger charge is 2.30. The van der Waals surface area contributed by atoms with E-state index in [-0.39, 0.29) is 0 Å². The standard InChI is InChI=1S/C15H21/c1-11-6-9-15-13(10-11)8-7-12-4-2-3-5-14(12)15/h8,15H,2-7,9-10H2,1H3. The zero-order valence-corrected chi connectivity index (χ0v) is 9.81. The summed E-state index contributed by atoms with van der Waals surface area (Å²) in [5.41, 5.74) is 5.44. The maximum absolute atomic E-state index is 2.55. The zero-order valence-electron chi connectivity index (χ0n) is 9.81. The molecule has 3 aliphatic rings. The topological polar surface area (TPSA) is 0 Å². The maximum atomic E-state index is 2.55. The van der Waals surface area contributed by atoms with Gasteiger partial charge in [-0.1, -0.05) is 29.7 Å². The summed E-state index contributed by atoms with van der Waals surface area (Å²) in [6, 6.07) is 0. The van der Waals surface area contributed by atoms with E-state index in [2.05, 4.69) is 13.0 Å². The molecule has 3 rings (SSSR count). The molecule has 0 saturated heterocycles. The monoisotopic (exact) mass is 201 g/mol. The summed E-state index contributed by atoms with van der Waals surface area (Å²) in [5.74, 6) is 2.58. The van der Waals surface area contributed by atoms with Crippen LogP contribution in [0.15, 0.2) is 22.8 Å². The SMILES string of the molecule is C[C]1CCC2C(=CCC3=C2CCCC3)C1. The molecule has 15 heavy (non-hydrogen) atoms. The van der Waals surface area contributed by atoms with Crippen molar-refractivity contribution in [1.82, 2.24) is 0 Å². The second-order valence-corrected chi connectivity index (χ2v) is 5.54. The molecule has 0 N–H and O–H groups in total. The summed E-state index contributed by atoms with van der Waals surface area (Å²) in [4.78, 5) is 0. The largest absolute Gasteiger partial charge is 0.0806 e. The highest BCUT2D eigenvalue weighted by molar-refractivity contribution is 5.37. The summed E-state index contributed by atoms with van der Waals surface area (Å²) >= 11 is 0. The van der Waals surface area contributed by atoms with Crippen molar-refractivity contribution < 1.29 is 0 Å². The van der Waals surface area contributed by atoms with Crippen molar-refractivity contribution in [2.75, 3.05) is 0 Å². The third-order valence-corrected chi connectivity index (χ3v) is 4.47. The number of hydrogen-bond donors (Lipinski definition) is 0. The fraction of sp³-hybridized carbons (Fsp3) is 0.667. The van der Waals surface area contributed by atoms with Crippen LogP contribution in [0.4, 0.5) is 0 Å². The lowest BCUT2D eigenvalue weighted by molar-refractivity contribution is 0.477. The van der Waals surface area contributed by atoms with Crippen LogP contribution in [-0.2, 0) is 0 Å². The van der Waals surface area contributed by atoms with E-state index in [1.807, 2.05) is 11.1 Å². The lowest BCUT2D eigenvalue weighted by atomic mass is 9.68. The molecule has 0 amide bonds. The third-order valence-electron chi connectivity index (χ3n) is 4.47. The molecule has 1 radical (unpaired) electrons. The van der Waals surface area contributed by atoms with Crippen molar-refractivity contribution in [3.8, 4) is 0 Å². The van der Waals surface area contributed by atoms with Gasteiger partial charge in [0, 0.05) is 5.92 Å². The average Bonchev–Trinajstić information content (AvgIpc) is 2.28. The Morgan fingerprint density at radius 2 is 2.00 bits per heavy atom. The first kappa shape index (κ1) is 9.69. The van der Waals surface area contributed by atoms with Crippen molar-refractivity contribution in [3.63, 3.8) is 0 Å². The molecule has 1 unspecified atom stereocenters. The Labute approximate surface area is 93.5 Å². The fourth-order valence-corrected chi connectivity index (χ4v) is 3.65. The quantitative estimate of drug-likeness (QED) is 0.503. The van der Waals surface area contributed by atoms with Gasteiger partial charge in [-0.2, -0.15) is 0 Å².